The molecule has 1 rings (SSSR count). The molecule has 1 aromatic heterocycles. The number of nitrogens with one attached hydrogen (secondary N) is 2. The molecule has 0 fully saturated rings. The zero-order valence-corrected chi connectivity index (χ0v) is 9.80. The van der Waals surface area contributed by atoms with E-state index in [9.17, 15) is 0 Å². The largest absolute Gasteiger partial charge is 0.383 e. The summed E-state index contributed by atoms with van der Waals surface area (Å²) in [6.45, 7) is 2.00. The second-order valence-electron chi connectivity index (χ2n) is 3.08. The minimum absolute atomic E-state index is 0.623. The number of nitrogens with zero attached hydrogens (tertiary/aromatic N) is 2. The van der Waals surface area contributed by atoms with E-state index in [1.54, 1.807) is 11.8 Å². The summed E-state index contributed by atoms with van der Waals surface area (Å²) in [5.74, 6) is 0. The van der Waals surface area contributed by atoms with E-state index in [1.165, 1.54) is 0 Å². The van der Waals surface area contributed by atoms with Crippen LogP contribution >= 0.6 is 12.2 Å². The van der Waals surface area contributed by atoms with Crippen molar-refractivity contribution in [1.82, 2.24) is 20.4 Å². The molecule has 0 radical (unpaired) electrons. The van der Waals surface area contributed by atoms with E-state index >= 15 is 0 Å². The van der Waals surface area contributed by atoms with E-state index in [0.717, 1.165) is 5.69 Å². The predicted octanol–water partition coefficient (Wildman–Crippen LogP) is 0.0306. The maximum atomic E-state index is 5.06. The van der Waals surface area contributed by atoms with Crippen molar-refractivity contribution in [2.24, 2.45) is 7.05 Å². The summed E-state index contributed by atoms with van der Waals surface area (Å²) >= 11 is 5.06. The van der Waals surface area contributed by atoms with Crippen LogP contribution in [0.2, 0.25) is 0 Å². The quantitative estimate of drug-likeness (QED) is 0.550. The van der Waals surface area contributed by atoms with E-state index in [2.05, 4.69) is 15.7 Å². The Morgan fingerprint density at radius 1 is 1.60 bits per heavy atom. The van der Waals surface area contributed by atoms with E-state index in [1.807, 2.05) is 19.3 Å². The number of aromatic nitrogens is 2. The fourth-order valence-corrected chi connectivity index (χ4v) is 1.23. The SMILES string of the molecule is COCCNC(=S)NCc1ccn(C)n1. The summed E-state index contributed by atoms with van der Waals surface area (Å²) in [5.41, 5.74) is 0.966. The highest BCUT2D eigenvalue weighted by Crippen LogP contribution is 1.92. The van der Waals surface area contributed by atoms with Crippen molar-refractivity contribution in [3.8, 4) is 0 Å². The Labute approximate surface area is 94.8 Å². The Hall–Kier alpha value is -1.14. The second kappa shape index (κ2) is 6.36. The van der Waals surface area contributed by atoms with Gasteiger partial charge in [-0.05, 0) is 18.3 Å². The van der Waals surface area contributed by atoms with E-state index in [-0.39, 0.29) is 0 Å². The number of methoxy groups -OCH3 is 1. The first-order valence-electron chi connectivity index (χ1n) is 4.71. The van der Waals surface area contributed by atoms with Gasteiger partial charge in [-0.15, -0.1) is 0 Å². The van der Waals surface area contributed by atoms with Crippen molar-refractivity contribution in [1.29, 1.82) is 0 Å². The number of hydrogen-bond acceptors (Lipinski definition) is 3. The third kappa shape index (κ3) is 4.75. The minimum Gasteiger partial charge on any atom is -0.383 e. The molecular formula is C9H16N4OS. The van der Waals surface area contributed by atoms with Crippen LogP contribution in [0.1, 0.15) is 5.69 Å². The Balaban J connectivity index is 2.16. The van der Waals surface area contributed by atoms with Crippen LogP contribution in [0, 0.1) is 0 Å². The number of thiocarbonyl (C=S) groups is 1. The van der Waals surface area contributed by atoms with Gasteiger partial charge in [-0.25, -0.2) is 0 Å². The second-order valence-corrected chi connectivity index (χ2v) is 3.49. The van der Waals surface area contributed by atoms with Crippen molar-refractivity contribution >= 4 is 17.3 Å². The third-order valence-electron chi connectivity index (χ3n) is 1.79. The number of ether oxygens (including phenoxy) is 1. The van der Waals surface area contributed by atoms with E-state index < -0.39 is 0 Å². The molecule has 0 aromatic carbocycles. The number of aryl methyl sites for hydroxylation is 1. The molecule has 0 aliphatic rings. The lowest BCUT2D eigenvalue weighted by molar-refractivity contribution is 0.204. The van der Waals surface area contributed by atoms with E-state index in [0.29, 0.717) is 24.8 Å². The Kier molecular flexibility index (Phi) is 5.06. The van der Waals surface area contributed by atoms with Gasteiger partial charge in [-0.1, -0.05) is 0 Å². The highest BCUT2D eigenvalue weighted by atomic mass is 32.1. The minimum atomic E-state index is 0.623. The van der Waals surface area contributed by atoms with Gasteiger partial charge in [0.1, 0.15) is 0 Å². The zero-order chi connectivity index (χ0) is 11.1. The molecule has 1 heterocycles. The van der Waals surface area contributed by atoms with Gasteiger partial charge in [-0.2, -0.15) is 5.10 Å². The van der Waals surface area contributed by atoms with E-state index in [4.69, 9.17) is 17.0 Å². The molecule has 5 nitrogen and oxygen atoms in total. The maximum Gasteiger partial charge on any atom is 0.166 e. The molecule has 15 heavy (non-hydrogen) atoms. The van der Waals surface area contributed by atoms with Crippen LogP contribution in [-0.2, 0) is 18.3 Å². The predicted molar refractivity (Wildman–Crippen MR) is 62.5 cm³/mol. The van der Waals surface area contributed by atoms with Crippen LogP contribution < -0.4 is 10.6 Å². The van der Waals surface area contributed by atoms with Crippen LogP contribution in [0.25, 0.3) is 0 Å². The molecule has 0 saturated carbocycles. The molecule has 0 saturated heterocycles. The average molecular weight is 228 g/mol. The molecule has 84 valence electrons. The summed E-state index contributed by atoms with van der Waals surface area (Å²) in [4.78, 5) is 0. The van der Waals surface area contributed by atoms with Gasteiger partial charge in [0.05, 0.1) is 18.8 Å². The van der Waals surface area contributed by atoms with Crippen LogP contribution in [0.4, 0.5) is 0 Å². The van der Waals surface area contributed by atoms with Crippen molar-refractivity contribution in [3.05, 3.63) is 18.0 Å². The summed E-state index contributed by atoms with van der Waals surface area (Å²) < 4.78 is 6.66. The smallest absolute Gasteiger partial charge is 0.166 e. The molecule has 0 atom stereocenters. The summed E-state index contributed by atoms with van der Waals surface area (Å²) in [7, 11) is 3.55. The molecule has 0 bridgehead atoms. The van der Waals surface area contributed by atoms with Crippen molar-refractivity contribution < 1.29 is 4.74 Å². The van der Waals surface area contributed by atoms with Crippen molar-refractivity contribution in [2.75, 3.05) is 20.3 Å². The lowest BCUT2D eigenvalue weighted by Crippen LogP contribution is -2.36. The van der Waals surface area contributed by atoms with Crippen molar-refractivity contribution in [2.45, 2.75) is 6.54 Å². The van der Waals surface area contributed by atoms with Crippen molar-refractivity contribution in [3.63, 3.8) is 0 Å². The molecule has 0 spiro atoms. The monoisotopic (exact) mass is 228 g/mol. The topological polar surface area (TPSA) is 51.1 Å². The first-order chi connectivity index (χ1) is 7.22. The fourth-order valence-electron chi connectivity index (χ4n) is 1.06. The highest BCUT2D eigenvalue weighted by Gasteiger charge is 1.98. The van der Waals surface area contributed by atoms with Crippen LogP contribution in [0.3, 0.4) is 0 Å². The van der Waals surface area contributed by atoms with Gasteiger partial charge in [0.2, 0.25) is 0 Å². The Bertz CT molecular complexity index is 313. The van der Waals surface area contributed by atoms with Gasteiger partial charge in [0.15, 0.2) is 5.11 Å². The average Bonchev–Trinajstić information content (AvgIpc) is 2.62. The van der Waals surface area contributed by atoms with Gasteiger partial charge >= 0.3 is 0 Å². The Morgan fingerprint density at radius 3 is 3.00 bits per heavy atom. The number of rotatable bonds is 5. The van der Waals surface area contributed by atoms with Crippen LogP contribution in [-0.4, -0.2) is 35.2 Å². The first kappa shape index (κ1) is 11.9. The van der Waals surface area contributed by atoms with Gasteiger partial charge in [0, 0.05) is 26.9 Å². The molecule has 6 heteroatoms. The fraction of sp³-hybridized carbons (Fsp3) is 0.556. The molecule has 0 unspecified atom stereocenters. The summed E-state index contributed by atoms with van der Waals surface area (Å²) in [5, 5.41) is 10.9. The van der Waals surface area contributed by atoms with Gasteiger partial charge < -0.3 is 15.4 Å². The normalized spacial score (nSPS) is 10.0. The van der Waals surface area contributed by atoms with Gasteiger partial charge in [0.25, 0.3) is 0 Å². The lowest BCUT2D eigenvalue weighted by Gasteiger charge is -2.08. The third-order valence-corrected chi connectivity index (χ3v) is 2.08. The first-order valence-corrected chi connectivity index (χ1v) is 5.12. The molecule has 1 aromatic rings. The molecule has 2 N–H and O–H groups in total. The highest BCUT2D eigenvalue weighted by molar-refractivity contribution is 7.80. The standard InChI is InChI=1S/C9H16N4OS/c1-13-5-3-8(12-13)7-11-9(15)10-4-6-14-2/h3,5H,4,6-7H2,1-2H3,(H2,10,11,15). The maximum absolute atomic E-state index is 5.06. The summed E-state index contributed by atoms with van der Waals surface area (Å²) in [6, 6.07) is 1.95. The van der Waals surface area contributed by atoms with Crippen LogP contribution in [0.15, 0.2) is 12.3 Å². The molecule has 0 amide bonds. The Morgan fingerprint density at radius 2 is 2.40 bits per heavy atom. The van der Waals surface area contributed by atoms with Crippen LogP contribution in [0.5, 0.6) is 0 Å². The lowest BCUT2D eigenvalue weighted by atomic mass is 10.4. The summed E-state index contributed by atoms with van der Waals surface area (Å²) in [6.07, 6.45) is 1.90. The zero-order valence-electron chi connectivity index (χ0n) is 8.99. The number of hydrogen-bond donors (Lipinski definition) is 2. The molecule has 0 aliphatic carbocycles. The van der Waals surface area contributed by atoms with Gasteiger partial charge in [-0.3, -0.25) is 4.68 Å². The molecule has 0 aliphatic heterocycles. The molecular weight excluding hydrogens is 212 g/mol.